The highest BCUT2D eigenvalue weighted by molar-refractivity contribution is 7.92. The molecule has 0 unspecified atom stereocenters. The number of sulfonamides is 1. The third-order valence-corrected chi connectivity index (χ3v) is 6.15. The van der Waals surface area contributed by atoms with Crippen LogP contribution in [-0.2, 0) is 10.0 Å². The summed E-state index contributed by atoms with van der Waals surface area (Å²) in [7, 11) is -3.31. The van der Waals surface area contributed by atoms with E-state index in [0.29, 0.717) is 22.7 Å². The maximum atomic E-state index is 12.4. The smallest absolute Gasteiger partial charge is 0.265 e. The number of anilines is 2. The zero-order chi connectivity index (χ0) is 17.9. The van der Waals surface area contributed by atoms with E-state index in [0.717, 1.165) is 10.1 Å². The van der Waals surface area contributed by atoms with Crippen LogP contribution in [-0.4, -0.2) is 20.1 Å². The van der Waals surface area contributed by atoms with Crippen molar-refractivity contribution < 1.29 is 13.2 Å². The quantitative estimate of drug-likeness (QED) is 0.675. The van der Waals surface area contributed by atoms with E-state index >= 15 is 0 Å². The number of rotatable bonds is 6. The number of carbonyl (C=O) groups excluding carboxylic acids is 1. The molecule has 0 radical (unpaired) electrons. The van der Waals surface area contributed by atoms with Gasteiger partial charge in [-0.1, -0.05) is 25.1 Å². The Kier molecular flexibility index (Phi) is 5.06. The van der Waals surface area contributed by atoms with Crippen molar-refractivity contribution in [2.45, 2.75) is 13.3 Å². The molecule has 1 heterocycles. The lowest BCUT2D eigenvalue weighted by atomic mass is 10.2. The van der Waals surface area contributed by atoms with Crippen LogP contribution < -0.4 is 10.0 Å². The first kappa shape index (κ1) is 17.4. The van der Waals surface area contributed by atoms with Crippen LogP contribution in [0.5, 0.6) is 0 Å². The fourth-order valence-corrected chi connectivity index (χ4v) is 4.50. The van der Waals surface area contributed by atoms with Crippen molar-refractivity contribution >= 4 is 48.7 Å². The van der Waals surface area contributed by atoms with Crippen molar-refractivity contribution in [2.75, 3.05) is 15.8 Å². The first-order valence-corrected chi connectivity index (χ1v) is 10.3. The fourth-order valence-electron chi connectivity index (χ4n) is 2.41. The highest BCUT2D eigenvalue weighted by Crippen LogP contribution is 2.26. The van der Waals surface area contributed by atoms with Gasteiger partial charge >= 0.3 is 0 Å². The summed E-state index contributed by atoms with van der Waals surface area (Å²) in [5.41, 5.74) is 1.09. The Morgan fingerprint density at radius 3 is 2.40 bits per heavy atom. The van der Waals surface area contributed by atoms with Crippen molar-refractivity contribution in [3.63, 3.8) is 0 Å². The van der Waals surface area contributed by atoms with Crippen LogP contribution in [0.1, 0.15) is 23.0 Å². The third kappa shape index (κ3) is 4.37. The van der Waals surface area contributed by atoms with Crippen LogP contribution in [0.25, 0.3) is 10.1 Å². The molecule has 3 rings (SSSR count). The second-order valence-electron chi connectivity index (χ2n) is 5.60. The van der Waals surface area contributed by atoms with Crippen LogP contribution in [0.4, 0.5) is 11.4 Å². The van der Waals surface area contributed by atoms with Crippen LogP contribution in [0, 0.1) is 0 Å². The van der Waals surface area contributed by atoms with Gasteiger partial charge in [0.2, 0.25) is 10.0 Å². The van der Waals surface area contributed by atoms with Crippen molar-refractivity contribution in [1.82, 2.24) is 0 Å². The second-order valence-corrected chi connectivity index (χ2v) is 8.53. The lowest BCUT2D eigenvalue weighted by Crippen LogP contribution is -2.16. The van der Waals surface area contributed by atoms with E-state index in [9.17, 15) is 13.2 Å². The van der Waals surface area contributed by atoms with Gasteiger partial charge in [0.25, 0.3) is 5.91 Å². The van der Waals surface area contributed by atoms with Gasteiger partial charge in [-0.25, -0.2) is 8.42 Å². The molecule has 1 aromatic heterocycles. The first-order chi connectivity index (χ1) is 12.0. The molecule has 2 aromatic carbocycles. The lowest BCUT2D eigenvalue weighted by Gasteiger charge is -2.08. The van der Waals surface area contributed by atoms with E-state index in [4.69, 9.17) is 0 Å². The molecule has 130 valence electrons. The molecule has 0 aliphatic carbocycles. The predicted octanol–water partition coefficient (Wildman–Crippen LogP) is 4.31. The second kappa shape index (κ2) is 7.25. The van der Waals surface area contributed by atoms with Crippen LogP contribution in [0.3, 0.4) is 0 Å². The van der Waals surface area contributed by atoms with E-state index < -0.39 is 10.0 Å². The molecule has 5 nitrogen and oxygen atoms in total. The lowest BCUT2D eigenvalue weighted by molar-refractivity contribution is 0.103. The fraction of sp³-hybridized carbons (Fsp3) is 0.167. The number of carbonyl (C=O) groups is 1. The van der Waals surface area contributed by atoms with Crippen molar-refractivity contribution in [2.24, 2.45) is 0 Å². The summed E-state index contributed by atoms with van der Waals surface area (Å²) < 4.78 is 27.1. The van der Waals surface area contributed by atoms with Gasteiger partial charge in [0.05, 0.1) is 10.6 Å². The normalized spacial score (nSPS) is 11.4. The number of hydrogen-bond acceptors (Lipinski definition) is 4. The van der Waals surface area contributed by atoms with Crippen LogP contribution in [0.15, 0.2) is 54.6 Å². The monoisotopic (exact) mass is 374 g/mol. The molecule has 0 aliphatic heterocycles. The number of thiophene rings is 1. The van der Waals surface area contributed by atoms with E-state index in [2.05, 4.69) is 10.0 Å². The molecule has 1 amide bonds. The van der Waals surface area contributed by atoms with Gasteiger partial charge in [-0.05, 0) is 48.2 Å². The Morgan fingerprint density at radius 1 is 1.04 bits per heavy atom. The summed E-state index contributed by atoms with van der Waals surface area (Å²) in [6.45, 7) is 1.81. The van der Waals surface area contributed by atoms with Crippen molar-refractivity contribution in [3.05, 3.63) is 59.5 Å². The maximum absolute atomic E-state index is 12.4. The molecule has 0 atom stereocenters. The average molecular weight is 374 g/mol. The number of benzene rings is 2. The largest absolute Gasteiger partial charge is 0.321 e. The molecular weight excluding hydrogens is 356 g/mol. The van der Waals surface area contributed by atoms with E-state index in [-0.39, 0.29) is 11.7 Å². The number of fused-ring (bicyclic) bond motifs is 1. The topological polar surface area (TPSA) is 75.3 Å². The summed E-state index contributed by atoms with van der Waals surface area (Å²) in [4.78, 5) is 13.0. The molecule has 0 bridgehead atoms. The molecule has 0 spiro atoms. The summed E-state index contributed by atoms with van der Waals surface area (Å²) in [5.74, 6) is -0.0993. The number of hydrogen-bond donors (Lipinski definition) is 2. The van der Waals surface area contributed by atoms with Gasteiger partial charge in [0.15, 0.2) is 0 Å². The Labute approximate surface area is 150 Å². The summed E-state index contributed by atoms with van der Waals surface area (Å²) >= 11 is 1.44. The Morgan fingerprint density at radius 2 is 1.72 bits per heavy atom. The van der Waals surface area contributed by atoms with Gasteiger partial charge in [-0.15, -0.1) is 11.3 Å². The van der Waals surface area contributed by atoms with Crippen LogP contribution >= 0.6 is 11.3 Å². The minimum Gasteiger partial charge on any atom is -0.321 e. The van der Waals surface area contributed by atoms with Gasteiger partial charge in [-0.3, -0.25) is 9.52 Å². The zero-order valence-corrected chi connectivity index (χ0v) is 15.3. The molecule has 2 N–H and O–H groups in total. The molecule has 0 fully saturated rings. The Hall–Kier alpha value is -2.38. The average Bonchev–Trinajstić information content (AvgIpc) is 3.00. The molecular formula is C18H18N2O3S2. The third-order valence-electron chi connectivity index (χ3n) is 3.54. The van der Waals surface area contributed by atoms with Gasteiger partial charge < -0.3 is 5.32 Å². The number of nitrogens with one attached hydrogen (secondary N) is 2. The minimum absolute atomic E-state index is 0.0808. The van der Waals surface area contributed by atoms with Crippen LogP contribution in [0.2, 0.25) is 0 Å². The summed E-state index contributed by atoms with van der Waals surface area (Å²) in [6.07, 6.45) is 0.554. The molecule has 3 aromatic rings. The SMILES string of the molecule is CCCS(=O)(=O)Nc1ccc(NC(=O)c2cc3ccccc3s2)cc1. The molecule has 0 aliphatic rings. The Bertz CT molecular complexity index is 960. The molecule has 0 saturated carbocycles. The maximum Gasteiger partial charge on any atom is 0.265 e. The molecule has 25 heavy (non-hydrogen) atoms. The highest BCUT2D eigenvalue weighted by Gasteiger charge is 2.11. The van der Waals surface area contributed by atoms with E-state index in [1.807, 2.05) is 37.3 Å². The standard InChI is InChI=1S/C18H18N2O3S2/c1-2-11-25(22,23)20-15-9-7-14(8-10-15)19-18(21)17-12-13-5-3-4-6-16(13)24-17/h3-10,12,20H,2,11H2,1H3,(H,19,21). The van der Waals surface area contributed by atoms with E-state index in [1.165, 1.54) is 11.3 Å². The van der Waals surface area contributed by atoms with Gasteiger partial charge in [-0.2, -0.15) is 0 Å². The zero-order valence-electron chi connectivity index (χ0n) is 13.7. The highest BCUT2D eigenvalue weighted by atomic mass is 32.2. The summed E-state index contributed by atoms with van der Waals surface area (Å²) in [6, 6.07) is 16.3. The molecule has 7 heteroatoms. The Balaban J connectivity index is 1.69. The predicted molar refractivity (Wildman–Crippen MR) is 104 cm³/mol. The van der Waals surface area contributed by atoms with Gasteiger partial charge in [0, 0.05) is 16.1 Å². The minimum atomic E-state index is -3.31. The molecule has 0 saturated heterocycles. The van der Waals surface area contributed by atoms with E-state index in [1.54, 1.807) is 24.3 Å². The summed E-state index contributed by atoms with van der Waals surface area (Å²) in [5, 5.41) is 3.87. The van der Waals surface area contributed by atoms with Gasteiger partial charge in [0.1, 0.15) is 0 Å². The first-order valence-electron chi connectivity index (χ1n) is 7.87. The van der Waals surface area contributed by atoms with Crippen molar-refractivity contribution in [3.8, 4) is 0 Å². The number of amides is 1. The van der Waals surface area contributed by atoms with Crippen molar-refractivity contribution in [1.29, 1.82) is 0 Å².